The molecule has 134 valence electrons. The fraction of sp³-hybridized carbons (Fsp3) is 0.111. The molecule has 0 aromatic heterocycles. The zero-order valence-electron chi connectivity index (χ0n) is 14.2. The van der Waals surface area contributed by atoms with Gasteiger partial charge in [-0.2, -0.15) is 0 Å². The van der Waals surface area contributed by atoms with E-state index in [0.29, 0.717) is 11.3 Å². The first-order valence-electron chi connectivity index (χ1n) is 7.58. The number of nitro groups is 1. The predicted octanol–water partition coefficient (Wildman–Crippen LogP) is 4.02. The zero-order chi connectivity index (χ0) is 19.1. The number of nitrogens with zero attached hydrogens (tertiary/aromatic N) is 2. The van der Waals surface area contributed by atoms with Gasteiger partial charge in [-0.15, -0.1) is 0 Å². The second-order valence-corrected chi connectivity index (χ2v) is 6.49. The summed E-state index contributed by atoms with van der Waals surface area (Å²) in [7, 11) is 3.36. The van der Waals surface area contributed by atoms with Gasteiger partial charge in [-0.25, -0.2) is 0 Å². The topological polar surface area (TPSA) is 92.6 Å². The average molecular weight is 371 g/mol. The van der Waals surface area contributed by atoms with Crippen LogP contribution in [0.1, 0.15) is 5.56 Å². The number of non-ortho nitro benzene ring substituents is 1. The fourth-order valence-corrected chi connectivity index (χ4v) is 2.55. The van der Waals surface area contributed by atoms with Gasteiger partial charge in [0, 0.05) is 42.9 Å². The maximum Gasteiger partial charge on any atom is 0.285 e. The quantitative estimate of drug-likeness (QED) is 0.371. The monoisotopic (exact) mass is 371 g/mol. The number of rotatable bonds is 5. The largest absolute Gasteiger partial charge is 0.339 e. The molecule has 0 saturated carbocycles. The normalized spacial score (nSPS) is 10.5. The van der Waals surface area contributed by atoms with Crippen LogP contribution in [-0.2, 0) is 4.79 Å². The van der Waals surface area contributed by atoms with Crippen LogP contribution in [0.4, 0.5) is 16.2 Å². The van der Waals surface area contributed by atoms with Crippen molar-refractivity contribution < 1.29 is 14.5 Å². The van der Waals surface area contributed by atoms with Crippen LogP contribution in [0.3, 0.4) is 0 Å². The minimum absolute atomic E-state index is 0.0343. The molecule has 2 rings (SSSR count). The molecule has 0 unspecified atom stereocenters. The third-order valence-electron chi connectivity index (χ3n) is 3.20. The number of hydrogen-bond donors (Lipinski definition) is 1. The van der Waals surface area contributed by atoms with Gasteiger partial charge in [0.2, 0.25) is 5.91 Å². The molecule has 8 heteroatoms. The van der Waals surface area contributed by atoms with E-state index < -0.39 is 4.92 Å². The number of nitrogens with one attached hydrogen (secondary N) is 1. The van der Waals surface area contributed by atoms with Gasteiger partial charge >= 0.3 is 0 Å². The molecule has 2 aromatic carbocycles. The highest BCUT2D eigenvalue weighted by molar-refractivity contribution is 8.13. The number of nitro benzene ring substituents is 1. The Hall–Kier alpha value is -3.13. The molecule has 0 radical (unpaired) electrons. The van der Waals surface area contributed by atoms with Crippen molar-refractivity contribution >= 4 is 40.4 Å². The van der Waals surface area contributed by atoms with E-state index in [0.717, 1.165) is 16.7 Å². The van der Waals surface area contributed by atoms with Crippen molar-refractivity contribution in [3.63, 3.8) is 0 Å². The van der Waals surface area contributed by atoms with Crippen LogP contribution in [0.25, 0.3) is 6.08 Å². The lowest BCUT2D eigenvalue weighted by Gasteiger charge is -2.09. The van der Waals surface area contributed by atoms with Crippen molar-refractivity contribution in [1.82, 2.24) is 4.90 Å². The van der Waals surface area contributed by atoms with Crippen molar-refractivity contribution in [3.05, 3.63) is 70.3 Å². The van der Waals surface area contributed by atoms with E-state index in [2.05, 4.69) is 5.32 Å². The number of carbonyl (C=O) groups excluding carboxylic acids is 2. The Morgan fingerprint density at radius 2 is 1.85 bits per heavy atom. The van der Waals surface area contributed by atoms with Crippen molar-refractivity contribution in [1.29, 1.82) is 0 Å². The smallest absolute Gasteiger partial charge is 0.285 e. The fourth-order valence-electron chi connectivity index (χ4n) is 1.90. The highest BCUT2D eigenvalue weighted by Gasteiger charge is 2.07. The molecular weight excluding hydrogens is 354 g/mol. The van der Waals surface area contributed by atoms with E-state index in [1.807, 2.05) is 0 Å². The van der Waals surface area contributed by atoms with Gasteiger partial charge in [0.05, 0.1) is 4.92 Å². The maximum atomic E-state index is 12.0. The van der Waals surface area contributed by atoms with E-state index in [1.165, 1.54) is 29.2 Å². The Kier molecular flexibility index (Phi) is 6.51. The Labute approximate surface area is 154 Å². The molecule has 0 atom stereocenters. The molecule has 7 nitrogen and oxygen atoms in total. The van der Waals surface area contributed by atoms with Gasteiger partial charge < -0.3 is 10.2 Å². The lowest BCUT2D eigenvalue weighted by molar-refractivity contribution is -0.384. The Bertz CT molecular complexity index is 848. The van der Waals surface area contributed by atoms with E-state index in [-0.39, 0.29) is 16.8 Å². The third kappa shape index (κ3) is 5.75. The van der Waals surface area contributed by atoms with E-state index in [1.54, 1.807) is 50.5 Å². The molecule has 0 fully saturated rings. The highest BCUT2D eigenvalue weighted by atomic mass is 32.2. The van der Waals surface area contributed by atoms with Crippen LogP contribution in [-0.4, -0.2) is 35.1 Å². The van der Waals surface area contributed by atoms with Gasteiger partial charge in [0.1, 0.15) is 0 Å². The first-order valence-corrected chi connectivity index (χ1v) is 8.39. The van der Waals surface area contributed by atoms with Crippen molar-refractivity contribution in [3.8, 4) is 0 Å². The molecule has 2 amide bonds. The van der Waals surface area contributed by atoms with Crippen molar-refractivity contribution in [2.45, 2.75) is 4.90 Å². The number of amides is 2. The molecular formula is C18H17N3O4S. The molecule has 0 spiro atoms. The van der Waals surface area contributed by atoms with Crippen LogP contribution >= 0.6 is 11.8 Å². The summed E-state index contributed by atoms with van der Waals surface area (Å²) < 4.78 is 0. The Balaban J connectivity index is 1.96. The molecule has 26 heavy (non-hydrogen) atoms. The summed E-state index contributed by atoms with van der Waals surface area (Å²) in [5.41, 5.74) is 1.11. The minimum Gasteiger partial charge on any atom is -0.339 e. The Morgan fingerprint density at radius 1 is 1.15 bits per heavy atom. The van der Waals surface area contributed by atoms with Gasteiger partial charge in [-0.3, -0.25) is 19.7 Å². The molecule has 0 aliphatic rings. The van der Waals surface area contributed by atoms with Crippen molar-refractivity contribution in [2.75, 3.05) is 19.4 Å². The lowest BCUT2D eigenvalue weighted by atomic mass is 10.2. The van der Waals surface area contributed by atoms with Crippen molar-refractivity contribution in [2.24, 2.45) is 0 Å². The zero-order valence-corrected chi connectivity index (χ0v) is 15.0. The van der Waals surface area contributed by atoms with Gasteiger partial charge in [-0.1, -0.05) is 12.1 Å². The molecule has 0 aliphatic heterocycles. The Morgan fingerprint density at radius 3 is 2.46 bits per heavy atom. The minimum atomic E-state index is -0.488. The van der Waals surface area contributed by atoms with Crippen LogP contribution in [0.5, 0.6) is 0 Å². The summed E-state index contributed by atoms with van der Waals surface area (Å²) in [5, 5.41) is 13.3. The van der Waals surface area contributed by atoms with Crippen LogP contribution in [0.2, 0.25) is 0 Å². The second-order valence-electron chi connectivity index (χ2n) is 5.46. The van der Waals surface area contributed by atoms with Crippen LogP contribution in [0, 0.1) is 10.1 Å². The number of anilines is 1. The van der Waals surface area contributed by atoms with Gasteiger partial charge in [0.25, 0.3) is 10.9 Å². The first-order chi connectivity index (χ1) is 12.3. The van der Waals surface area contributed by atoms with E-state index in [9.17, 15) is 19.7 Å². The summed E-state index contributed by atoms with van der Waals surface area (Å²) in [6.45, 7) is 0. The highest BCUT2D eigenvalue weighted by Crippen LogP contribution is 2.22. The molecule has 0 heterocycles. The summed E-state index contributed by atoms with van der Waals surface area (Å²) in [6.07, 6.45) is 2.81. The lowest BCUT2D eigenvalue weighted by Crippen LogP contribution is -2.16. The average Bonchev–Trinajstić information content (AvgIpc) is 2.61. The van der Waals surface area contributed by atoms with Gasteiger partial charge in [-0.05, 0) is 47.7 Å². The predicted molar refractivity (Wildman–Crippen MR) is 102 cm³/mol. The summed E-state index contributed by atoms with van der Waals surface area (Å²) >= 11 is 1.10. The molecule has 2 aromatic rings. The second kappa shape index (κ2) is 8.82. The summed E-state index contributed by atoms with van der Waals surface area (Å²) in [5.74, 6) is -0.360. The third-order valence-corrected chi connectivity index (χ3v) is 4.25. The maximum absolute atomic E-state index is 12.0. The van der Waals surface area contributed by atoms with Crippen LogP contribution < -0.4 is 5.32 Å². The van der Waals surface area contributed by atoms with E-state index >= 15 is 0 Å². The number of benzene rings is 2. The molecule has 0 aliphatic carbocycles. The van der Waals surface area contributed by atoms with Crippen LogP contribution in [0.15, 0.2) is 59.5 Å². The molecule has 1 N–H and O–H groups in total. The number of thioether (sulfide) groups is 1. The van der Waals surface area contributed by atoms with Gasteiger partial charge in [0.15, 0.2) is 0 Å². The summed E-state index contributed by atoms with van der Waals surface area (Å²) in [6, 6.07) is 12.9. The first kappa shape index (κ1) is 19.2. The van der Waals surface area contributed by atoms with E-state index in [4.69, 9.17) is 0 Å². The number of hydrogen-bond acceptors (Lipinski definition) is 5. The number of carbonyl (C=O) groups is 2. The molecule has 0 bridgehead atoms. The standard InChI is InChI=1S/C18H17N3O4S/c1-20(2)18(23)26-16-9-7-14(8-10-16)19-17(22)11-6-13-4-3-5-15(12-13)21(24)25/h3-12H,1-2H3,(H,19,22). The summed E-state index contributed by atoms with van der Waals surface area (Å²) in [4.78, 5) is 36.1. The SMILES string of the molecule is CN(C)C(=O)Sc1ccc(NC(=O)C=Cc2cccc([N+](=O)[O-])c2)cc1. The molecule has 0 saturated heterocycles.